The maximum absolute atomic E-state index is 12.2. The van der Waals surface area contributed by atoms with Crippen LogP contribution in [0.3, 0.4) is 0 Å². The quantitative estimate of drug-likeness (QED) is 0.823. The van der Waals surface area contributed by atoms with Gasteiger partial charge in [0.2, 0.25) is 0 Å². The van der Waals surface area contributed by atoms with Gasteiger partial charge in [0.25, 0.3) is 0 Å². The van der Waals surface area contributed by atoms with Crippen molar-refractivity contribution < 1.29 is 9.53 Å². The van der Waals surface area contributed by atoms with Crippen molar-refractivity contribution in [2.75, 3.05) is 6.61 Å². The molecule has 92 valence electrons. The molecule has 0 radical (unpaired) electrons. The SMILES string of the molecule is O=C(Cc1cccs1)C1CCOC2(CCC2)C1. The van der Waals surface area contributed by atoms with Crippen molar-refractivity contribution in [3.05, 3.63) is 22.4 Å². The first kappa shape index (κ1) is 11.4. The summed E-state index contributed by atoms with van der Waals surface area (Å²) in [5, 5.41) is 2.04. The van der Waals surface area contributed by atoms with Crippen LogP contribution in [0.4, 0.5) is 0 Å². The molecule has 1 atom stereocenters. The normalized spacial score (nSPS) is 26.7. The highest BCUT2D eigenvalue weighted by Crippen LogP contribution is 2.44. The van der Waals surface area contributed by atoms with Gasteiger partial charge in [0.15, 0.2) is 0 Å². The van der Waals surface area contributed by atoms with Crippen LogP contribution < -0.4 is 0 Å². The predicted molar refractivity (Wildman–Crippen MR) is 68.3 cm³/mol. The molecule has 3 rings (SSSR count). The molecule has 2 nitrogen and oxygen atoms in total. The molecule has 0 bridgehead atoms. The van der Waals surface area contributed by atoms with Crippen LogP contribution in [-0.4, -0.2) is 18.0 Å². The molecule has 1 spiro atoms. The van der Waals surface area contributed by atoms with Gasteiger partial charge in [-0.25, -0.2) is 0 Å². The molecule has 1 aromatic rings. The highest BCUT2D eigenvalue weighted by Gasteiger charge is 2.44. The topological polar surface area (TPSA) is 26.3 Å². The molecule has 3 heteroatoms. The number of carbonyl (C=O) groups is 1. The van der Waals surface area contributed by atoms with Crippen LogP contribution in [0.2, 0.25) is 0 Å². The van der Waals surface area contributed by atoms with E-state index in [0.717, 1.165) is 32.3 Å². The molecule has 17 heavy (non-hydrogen) atoms. The van der Waals surface area contributed by atoms with Crippen LogP contribution in [0.15, 0.2) is 17.5 Å². The second-order valence-electron chi connectivity index (χ2n) is 5.30. The minimum atomic E-state index is 0.0913. The number of ether oxygens (including phenoxy) is 1. The molecule has 1 aromatic heterocycles. The third-order valence-electron chi connectivity index (χ3n) is 4.14. The van der Waals surface area contributed by atoms with E-state index in [1.54, 1.807) is 11.3 Å². The zero-order valence-corrected chi connectivity index (χ0v) is 10.8. The Hall–Kier alpha value is -0.670. The molecule has 0 aromatic carbocycles. The van der Waals surface area contributed by atoms with Crippen LogP contribution in [0, 0.1) is 5.92 Å². The first-order valence-corrected chi connectivity index (χ1v) is 7.34. The van der Waals surface area contributed by atoms with Gasteiger partial charge in [-0.15, -0.1) is 11.3 Å². The summed E-state index contributed by atoms with van der Waals surface area (Å²) >= 11 is 1.68. The van der Waals surface area contributed by atoms with Crippen molar-refractivity contribution in [3.8, 4) is 0 Å². The average molecular weight is 250 g/mol. The summed E-state index contributed by atoms with van der Waals surface area (Å²) in [5.74, 6) is 0.660. The van der Waals surface area contributed by atoms with Gasteiger partial charge < -0.3 is 4.74 Å². The zero-order valence-electron chi connectivity index (χ0n) is 9.98. The summed E-state index contributed by atoms with van der Waals surface area (Å²) in [6, 6.07) is 4.08. The molecule has 1 aliphatic carbocycles. The summed E-state index contributed by atoms with van der Waals surface area (Å²) in [6.45, 7) is 0.779. The van der Waals surface area contributed by atoms with Crippen LogP contribution in [-0.2, 0) is 16.0 Å². The van der Waals surface area contributed by atoms with E-state index < -0.39 is 0 Å². The van der Waals surface area contributed by atoms with Crippen molar-refractivity contribution >= 4 is 17.1 Å². The van der Waals surface area contributed by atoms with E-state index in [4.69, 9.17) is 4.74 Å². The molecular weight excluding hydrogens is 232 g/mol. The summed E-state index contributed by atoms with van der Waals surface area (Å²) in [4.78, 5) is 13.4. The number of hydrogen-bond acceptors (Lipinski definition) is 3. The highest BCUT2D eigenvalue weighted by molar-refractivity contribution is 7.10. The predicted octanol–water partition coefficient (Wildman–Crippen LogP) is 3.21. The monoisotopic (exact) mass is 250 g/mol. The number of rotatable bonds is 3. The maximum atomic E-state index is 12.2. The number of carbonyl (C=O) groups excluding carboxylic acids is 1. The molecule has 0 amide bonds. The smallest absolute Gasteiger partial charge is 0.141 e. The maximum Gasteiger partial charge on any atom is 0.141 e. The largest absolute Gasteiger partial charge is 0.375 e. The van der Waals surface area contributed by atoms with E-state index in [2.05, 4.69) is 6.07 Å². The third-order valence-corrected chi connectivity index (χ3v) is 5.02. The van der Waals surface area contributed by atoms with E-state index >= 15 is 0 Å². The van der Waals surface area contributed by atoms with Crippen molar-refractivity contribution in [1.29, 1.82) is 0 Å². The summed E-state index contributed by atoms with van der Waals surface area (Å²) in [5.41, 5.74) is 0.0913. The van der Waals surface area contributed by atoms with E-state index in [9.17, 15) is 4.79 Å². The van der Waals surface area contributed by atoms with Gasteiger partial charge in [-0.1, -0.05) is 6.07 Å². The first-order chi connectivity index (χ1) is 8.27. The average Bonchev–Trinajstić information content (AvgIpc) is 2.80. The van der Waals surface area contributed by atoms with Crippen LogP contribution in [0.5, 0.6) is 0 Å². The number of Topliss-reactive ketones (excluding diaryl/α,β-unsaturated/α-hetero) is 1. The molecule has 2 aliphatic rings. The van der Waals surface area contributed by atoms with Gasteiger partial charge >= 0.3 is 0 Å². The lowest BCUT2D eigenvalue weighted by Crippen LogP contribution is -2.47. The molecule has 0 N–H and O–H groups in total. The Balaban J connectivity index is 1.61. The summed E-state index contributed by atoms with van der Waals surface area (Å²) in [6.07, 6.45) is 6.11. The lowest BCUT2D eigenvalue weighted by molar-refractivity contribution is -0.155. The third kappa shape index (κ3) is 2.31. The molecule has 2 heterocycles. The second-order valence-corrected chi connectivity index (χ2v) is 6.33. The van der Waals surface area contributed by atoms with Gasteiger partial charge in [0.05, 0.1) is 5.60 Å². The van der Waals surface area contributed by atoms with Crippen molar-refractivity contribution in [1.82, 2.24) is 0 Å². The minimum absolute atomic E-state index is 0.0913. The van der Waals surface area contributed by atoms with Gasteiger partial charge in [-0.3, -0.25) is 4.79 Å². The van der Waals surface area contributed by atoms with Crippen molar-refractivity contribution in [2.24, 2.45) is 5.92 Å². The Labute approximate surface area is 106 Å². The number of hydrogen-bond donors (Lipinski definition) is 0. The van der Waals surface area contributed by atoms with Crippen LogP contribution >= 0.6 is 11.3 Å². The lowest BCUT2D eigenvalue weighted by atomic mass is 9.71. The van der Waals surface area contributed by atoms with Crippen LogP contribution in [0.1, 0.15) is 37.0 Å². The second kappa shape index (κ2) is 4.54. The fraction of sp³-hybridized carbons (Fsp3) is 0.643. The minimum Gasteiger partial charge on any atom is -0.375 e. The zero-order chi connectivity index (χ0) is 11.7. The Bertz CT molecular complexity index is 392. The molecule has 1 saturated carbocycles. The van der Waals surface area contributed by atoms with Gasteiger partial charge in [-0.2, -0.15) is 0 Å². The van der Waals surface area contributed by atoms with Gasteiger partial charge in [0.1, 0.15) is 5.78 Å². The fourth-order valence-corrected chi connectivity index (χ4v) is 3.67. The standard InChI is InChI=1S/C14H18O2S/c15-13(9-12-3-1-8-17-12)11-4-7-16-14(10-11)5-2-6-14/h1,3,8,11H,2,4-7,9-10H2. The fourth-order valence-electron chi connectivity index (χ4n) is 2.95. The molecule has 1 aliphatic heterocycles. The first-order valence-electron chi connectivity index (χ1n) is 6.47. The van der Waals surface area contributed by atoms with Crippen molar-refractivity contribution in [3.63, 3.8) is 0 Å². The molecule has 2 fully saturated rings. The van der Waals surface area contributed by atoms with Gasteiger partial charge in [0, 0.05) is 23.8 Å². The molecule has 1 saturated heterocycles. The summed E-state index contributed by atoms with van der Waals surface area (Å²) in [7, 11) is 0. The summed E-state index contributed by atoms with van der Waals surface area (Å²) < 4.78 is 5.87. The van der Waals surface area contributed by atoms with E-state index in [0.29, 0.717) is 12.2 Å². The molecular formula is C14H18O2S. The Morgan fingerprint density at radius 2 is 2.41 bits per heavy atom. The van der Waals surface area contributed by atoms with Crippen molar-refractivity contribution in [2.45, 2.75) is 44.1 Å². The number of ketones is 1. The van der Waals surface area contributed by atoms with E-state index in [1.165, 1.54) is 11.3 Å². The van der Waals surface area contributed by atoms with E-state index in [1.807, 2.05) is 11.4 Å². The van der Waals surface area contributed by atoms with E-state index in [-0.39, 0.29) is 11.5 Å². The molecule has 1 unspecified atom stereocenters. The lowest BCUT2D eigenvalue weighted by Gasteiger charge is -2.46. The number of thiophene rings is 1. The van der Waals surface area contributed by atoms with Gasteiger partial charge in [-0.05, 0) is 43.6 Å². The van der Waals surface area contributed by atoms with Crippen LogP contribution in [0.25, 0.3) is 0 Å². The Morgan fingerprint density at radius 1 is 1.53 bits per heavy atom. The Kier molecular flexibility index (Phi) is 3.05. The highest BCUT2D eigenvalue weighted by atomic mass is 32.1. The Morgan fingerprint density at radius 3 is 3.06 bits per heavy atom.